The summed E-state index contributed by atoms with van der Waals surface area (Å²) in [6.45, 7) is 5.59. The lowest BCUT2D eigenvalue weighted by Crippen LogP contribution is -2.25. The van der Waals surface area contributed by atoms with Crippen molar-refractivity contribution in [3.8, 4) is 0 Å². The van der Waals surface area contributed by atoms with Gasteiger partial charge in [0.15, 0.2) is 0 Å². The van der Waals surface area contributed by atoms with Crippen LogP contribution in [-0.4, -0.2) is 32.7 Å². The molecule has 0 spiro atoms. The number of nitrogens with zero attached hydrogens (tertiary/aromatic N) is 4. The molecule has 1 aromatic carbocycles. The van der Waals surface area contributed by atoms with E-state index in [0.717, 1.165) is 12.0 Å². The van der Waals surface area contributed by atoms with Crippen LogP contribution in [0.15, 0.2) is 30.6 Å². The first-order chi connectivity index (χ1) is 9.65. The summed E-state index contributed by atoms with van der Waals surface area (Å²) in [5.41, 5.74) is 1.73. The molecule has 0 aliphatic heterocycles. The number of nitrogens with one attached hydrogen (secondary N) is 1. The molecule has 0 aliphatic rings. The van der Waals surface area contributed by atoms with Crippen LogP contribution in [0, 0.1) is 5.92 Å². The van der Waals surface area contributed by atoms with E-state index in [1.54, 1.807) is 11.0 Å². The molecule has 0 bridgehead atoms. The molecular formula is C14H19N5O. The molecule has 0 saturated heterocycles. The lowest BCUT2D eigenvalue weighted by atomic mass is 10.1. The van der Waals surface area contributed by atoms with Gasteiger partial charge < -0.3 is 5.32 Å². The molecule has 0 radical (unpaired) electrons. The molecule has 6 nitrogen and oxygen atoms in total. The van der Waals surface area contributed by atoms with Crippen LogP contribution in [0.3, 0.4) is 0 Å². The molecule has 0 atom stereocenters. The Bertz CT molecular complexity index is 533. The van der Waals surface area contributed by atoms with Crippen LogP contribution in [0.4, 0.5) is 0 Å². The lowest BCUT2D eigenvalue weighted by molar-refractivity contribution is 0.0952. The highest BCUT2D eigenvalue weighted by atomic mass is 16.1. The van der Waals surface area contributed by atoms with E-state index in [0.29, 0.717) is 24.6 Å². The molecular weight excluding hydrogens is 254 g/mol. The third kappa shape index (κ3) is 4.15. The minimum Gasteiger partial charge on any atom is -0.352 e. The van der Waals surface area contributed by atoms with Gasteiger partial charge >= 0.3 is 0 Å². The van der Waals surface area contributed by atoms with Crippen LogP contribution in [0.25, 0.3) is 0 Å². The highest BCUT2D eigenvalue weighted by Gasteiger charge is 2.05. The monoisotopic (exact) mass is 273 g/mol. The van der Waals surface area contributed by atoms with Crippen molar-refractivity contribution in [3.05, 3.63) is 41.7 Å². The molecule has 2 aromatic rings. The van der Waals surface area contributed by atoms with Crippen LogP contribution >= 0.6 is 0 Å². The Balaban J connectivity index is 1.89. The fourth-order valence-corrected chi connectivity index (χ4v) is 1.78. The maximum absolute atomic E-state index is 11.9. The average Bonchev–Trinajstić information content (AvgIpc) is 2.92. The Morgan fingerprint density at radius 3 is 2.65 bits per heavy atom. The van der Waals surface area contributed by atoms with Crippen molar-refractivity contribution in [1.29, 1.82) is 0 Å². The molecule has 20 heavy (non-hydrogen) atoms. The van der Waals surface area contributed by atoms with E-state index in [2.05, 4.69) is 34.7 Å². The molecule has 1 heterocycles. The maximum Gasteiger partial charge on any atom is 0.251 e. The summed E-state index contributed by atoms with van der Waals surface area (Å²) in [4.78, 5) is 11.9. The number of rotatable bonds is 6. The Morgan fingerprint density at radius 1 is 1.30 bits per heavy atom. The third-order valence-electron chi connectivity index (χ3n) is 2.96. The predicted molar refractivity (Wildman–Crippen MR) is 75.1 cm³/mol. The molecule has 0 fully saturated rings. The molecule has 0 aliphatic carbocycles. The summed E-state index contributed by atoms with van der Waals surface area (Å²) < 4.78 is 1.64. The Labute approximate surface area is 118 Å². The summed E-state index contributed by atoms with van der Waals surface area (Å²) in [5.74, 6) is 0.564. The summed E-state index contributed by atoms with van der Waals surface area (Å²) in [6.07, 6.45) is 2.55. The number of hydrogen-bond acceptors (Lipinski definition) is 4. The Morgan fingerprint density at radius 2 is 2.05 bits per heavy atom. The SMILES string of the molecule is CC(C)CCNC(=O)c1ccc(Cn2cnnn2)cc1. The minimum absolute atomic E-state index is 0.0281. The molecule has 0 saturated carbocycles. The number of aromatic nitrogens is 4. The van der Waals surface area contributed by atoms with Gasteiger partial charge in [-0.3, -0.25) is 4.79 Å². The van der Waals surface area contributed by atoms with Crippen LogP contribution in [0.5, 0.6) is 0 Å². The number of tetrazole rings is 1. The minimum atomic E-state index is -0.0281. The number of benzene rings is 1. The molecule has 106 valence electrons. The summed E-state index contributed by atoms with van der Waals surface area (Å²) >= 11 is 0. The van der Waals surface area contributed by atoms with Crippen molar-refractivity contribution in [1.82, 2.24) is 25.5 Å². The second-order valence-corrected chi connectivity index (χ2v) is 5.14. The zero-order chi connectivity index (χ0) is 14.4. The van der Waals surface area contributed by atoms with Crippen molar-refractivity contribution >= 4 is 5.91 Å². The van der Waals surface area contributed by atoms with Gasteiger partial charge in [-0.2, -0.15) is 0 Å². The van der Waals surface area contributed by atoms with Gasteiger partial charge in [0.05, 0.1) is 6.54 Å². The fourth-order valence-electron chi connectivity index (χ4n) is 1.78. The summed E-state index contributed by atoms with van der Waals surface area (Å²) in [6, 6.07) is 7.48. The van der Waals surface area contributed by atoms with Crippen LogP contribution in [0.1, 0.15) is 36.2 Å². The van der Waals surface area contributed by atoms with E-state index in [9.17, 15) is 4.79 Å². The van der Waals surface area contributed by atoms with Crippen molar-refractivity contribution in [3.63, 3.8) is 0 Å². The normalized spacial score (nSPS) is 10.8. The standard InChI is InChI=1S/C14H19N5O/c1-11(2)7-8-15-14(20)13-5-3-12(4-6-13)9-19-10-16-17-18-19/h3-6,10-11H,7-9H2,1-2H3,(H,15,20). The van der Waals surface area contributed by atoms with Gasteiger partial charge in [0.1, 0.15) is 6.33 Å². The second kappa shape index (κ2) is 6.79. The van der Waals surface area contributed by atoms with E-state index in [1.807, 2.05) is 24.3 Å². The van der Waals surface area contributed by atoms with Gasteiger partial charge in [0.2, 0.25) is 0 Å². The molecule has 2 rings (SSSR count). The highest BCUT2D eigenvalue weighted by Crippen LogP contribution is 2.06. The second-order valence-electron chi connectivity index (χ2n) is 5.14. The number of carbonyl (C=O) groups excluding carboxylic acids is 1. The van der Waals surface area contributed by atoms with E-state index >= 15 is 0 Å². The fraction of sp³-hybridized carbons (Fsp3) is 0.429. The predicted octanol–water partition coefficient (Wildman–Crippen LogP) is 1.50. The largest absolute Gasteiger partial charge is 0.352 e. The lowest BCUT2D eigenvalue weighted by Gasteiger charge is -2.07. The number of carbonyl (C=O) groups is 1. The van der Waals surface area contributed by atoms with E-state index in [-0.39, 0.29) is 5.91 Å². The van der Waals surface area contributed by atoms with Gasteiger partial charge in [-0.15, -0.1) is 5.10 Å². The first kappa shape index (κ1) is 14.2. The zero-order valence-electron chi connectivity index (χ0n) is 11.8. The van der Waals surface area contributed by atoms with Crippen LogP contribution < -0.4 is 5.32 Å². The quantitative estimate of drug-likeness (QED) is 0.865. The highest BCUT2D eigenvalue weighted by molar-refractivity contribution is 5.94. The molecule has 1 amide bonds. The first-order valence-corrected chi connectivity index (χ1v) is 6.73. The van der Waals surface area contributed by atoms with Crippen molar-refractivity contribution in [2.75, 3.05) is 6.54 Å². The van der Waals surface area contributed by atoms with Gasteiger partial charge in [0.25, 0.3) is 5.91 Å². The average molecular weight is 273 g/mol. The van der Waals surface area contributed by atoms with Crippen molar-refractivity contribution in [2.24, 2.45) is 5.92 Å². The molecule has 0 unspecified atom stereocenters. The smallest absolute Gasteiger partial charge is 0.251 e. The number of amides is 1. The van der Waals surface area contributed by atoms with Crippen molar-refractivity contribution in [2.45, 2.75) is 26.8 Å². The van der Waals surface area contributed by atoms with E-state index < -0.39 is 0 Å². The van der Waals surface area contributed by atoms with Crippen LogP contribution in [-0.2, 0) is 6.54 Å². The van der Waals surface area contributed by atoms with Crippen molar-refractivity contribution < 1.29 is 4.79 Å². The summed E-state index contributed by atoms with van der Waals surface area (Å²) in [5, 5.41) is 13.9. The maximum atomic E-state index is 11.9. The Hall–Kier alpha value is -2.24. The molecule has 1 aromatic heterocycles. The van der Waals surface area contributed by atoms with Gasteiger partial charge in [-0.05, 0) is 40.5 Å². The first-order valence-electron chi connectivity index (χ1n) is 6.73. The van der Waals surface area contributed by atoms with E-state index in [1.165, 1.54) is 0 Å². The van der Waals surface area contributed by atoms with E-state index in [4.69, 9.17) is 0 Å². The molecule has 1 N–H and O–H groups in total. The Kier molecular flexibility index (Phi) is 4.81. The van der Waals surface area contributed by atoms with Gasteiger partial charge in [-0.1, -0.05) is 26.0 Å². The van der Waals surface area contributed by atoms with Gasteiger partial charge in [0, 0.05) is 12.1 Å². The number of hydrogen-bond donors (Lipinski definition) is 1. The third-order valence-corrected chi connectivity index (χ3v) is 2.96. The molecule has 6 heteroatoms. The topological polar surface area (TPSA) is 72.7 Å². The summed E-state index contributed by atoms with van der Waals surface area (Å²) in [7, 11) is 0. The van der Waals surface area contributed by atoms with Crippen LogP contribution in [0.2, 0.25) is 0 Å². The van der Waals surface area contributed by atoms with Gasteiger partial charge in [-0.25, -0.2) is 4.68 Å². The zero-order valence-corrected chi connectivity index (χ0v) is 11.8.